The number of carbonyl (C=O) groups excluding carboxylic acids is 1. The fourth-order valence-electron chi connectivity index (χ4n) is 2.70. The van der Waals surface area contributed by atoms with Crippen LogP contribution in [0.2, 0.25) is 0 Å². The number of nitrogens with zero attached hydrogens (tertiary/aromatic N) is 2. The first-order valence-electron chi connectivity index (χ1n) is 7.63. The van der Waals surface area contributed by atoms with Crippen LogP contribution in [-0.4, -0.2) is 93.0 Å². The zero-order chi connectivity index (χ0) is 18.4. The number of aliphatic hydroxyl groups excluding tert-OH is 1. The lowest BCUT2D eigenvalue weighted by Crippen LogP contribution is -2.34. The van der Waals surface area contributed by atoms with Gasteiger partial charge in [0.05, 0.1) is 24.0 Å². The molecular weight excluding hydrogens is 348 g/mol. The Morgan fingerprint density at radius 3 is 2.52 bits per heavy atom. The number of fused-ring (bicyclic) bond motifs is 1. The van der Waals surface area contributed by atoms with E-state index in [4.69, 9.17) is 35.0 Å². The molecule has 0 bridgehead atoms. The third-order valence-electron chi connectivity index (χ3n) is 3.79. The predicted molar refractivity (Wildman–Crippen MR) is 70.9 cm³/mol. The maximum Gasteiger partial charge on any atom is 0.306 e. The molecule has 0 saturated carbocycles. The zero-order valence-electron chi connectivity index (χ0n) is 13.2. The number of hydrogen-bond acceptors (Lipinski definition) is 13. The van der Waals surface area contributed by atoms with Gasteiger partial charge in [-0.15, -0.1) is 0 Å². The van der Waals surface area contributed by atoms with Gasteiger partial charge in [-0.1, -0.05) is 0 Å². The summed E-state index contributed by atoms with van der Waals surface area (Å²) >= 11 is 0. The minimum absolute atomic E-state index is 0.00484. The Bertz CT molecular complexity index is 424. The van der Waals surface area contributed by atoms with Crippen LogP contribution in [0.3, 0.4) is 0 Å². The molecule has 2 rings (SSSR count). The van der Waals surface area contributed by atoms with Crippen LogP contribution < -0.4 is 0 Å². The summed E-state index contributed by atoms with van der Waals surface area (Å²) in [6, 6.07) is 0. The maximum absolute atomic E-state index is 11.9. The van der Waals surface area contributed by atoms with Gasteiger partial charge in [0.15, 0.2) is 6.10 Å². The van der Waals surface area contributed by atoms with Crippen LogP contribution in [0.25, 0.3) is 0 Å². The van der Waals surface area contributed by atoms with Gasteiger partial charge in [-0.2, -0.15) is 0 Å². The Morgan fingerprint density at radius 2 is 1.84 bits per heavy atom. The molecule has 0 spiro atoms. The second-order valence-electron chi connectivity index (χ2n) is 5.61. The van der Waals surface area contributed by atoms with Crippen molar-refractivity contribution in [1.82, 2.24) is 10.8 Å². The van der Waals surface area contributed by atoms with Crippen molar-refractivity contribution in [3.8, 4) is 0 Å². The molecule has 5 N–H and O–H groups in total. The molecule has 0 aromatic rings. The van der Waals surface area contributed by atoms with Gasteiger partial charge in [0, 0.05) is 6.42 Å². The zero-order valence-corrected chi connectivity index (χ0v) is 13.2. The van der Waals surface area contributed by atoms with Crippen LogP contribution in [-0.2, 0) is 28.7 Å². The molecule has 25 heavy (non-hydrogen) atoms. The second-order valence-corrected chi connectivity index (χ2v) is 5.61. The highest BCUT2D eigenvalue weighted by molar-refractivity contribution is 5.69. The van der Waals surface area contributed by atoms with Crippen LogP contribution in [0.1, 0.15) is 19.3 Å². The highest BCUT2D eigenvalue weighted by atomic mass is 17.1. The maximum atomic E-state index is 11.9. The summed E-state index contributed by atoms with van der Waals surface area (Å²) in [4.78, 5) is 20.7. The minimum atomic E-state index is -0.961. The van der Waals surface area contributed by atoms with E-state index >= 15 is 0 Å². The van der Waals surface area contributed by atoms with Crippen molar-refractivity contribution >= 4 is 5.97 Å². The van der Waals surface area contributed by atoms with Crippen LogP contribution >= 0.6 is 0 Å². The SMILES string of the molecule is O=C(CCC[C@@H](CON(O)O)ON(O)O)O[C@@H]1CO[C@H]2[C@@H]1OC[C@H]2O. The molecule has 0 radical (unpaired) electrons. The molecule has 0 aliphatic carbocycles. The van der Waals surface area contributed by atoms with E-state index in [0.717, 1.165) is 0 Å². The number of aliphatic hydroxyl groups is 1. The third-order valence-corrected chi connectivity index (χ3v) is 3.79. The summed E-state index contributed by atoms with van der Waals surface area (Å²) in [6.45, 7) is -0.135. The Kier molecular flexibility index (Phi) is 7.85. The van der Waals surface area contributed by atoms with Crippen LogP contribution in [0, 0.1) is 0 Å². The lowest BCUT2D eigenvalue weighted by Gasteiger charge is -2.19. The molecule has 0 amide bonds. The fourth-order valence-corrected chi connectivity index (χ4v) is 2.70. The Morgan fingerprint density at radius 1 is 1.12 bits per heavy atom. The minimum Gasteiger partial charge on any atom is -0.457 e. The van der Waals surface area contributed by atoms with E-state index in [9.17, 15) is 9.90 Å². The molecule has 2 aliphatic heterocycles. The van der Waals surface area contributed by atoms with Crippen molar-refractivity contribution in [1.29, 1.82) is 0 Å². The lowest BCUT2D eigenvalue weighted by atomic mass is 10.1. The van der Waals surface area contributed by atoms with Crippen molar-refractivity contribution in [2.24, 2.45) is 0 Å². The molecule has 2 saturated heterocycles. The quantitative estimate of drug-likeness (QED) is 0.225. The summed E-state index contributed by atoms with van der Waals surface area (Å²) in [6.07, 6.45) is -2.90. The normalized spacial score (nSPS) is 30.0. The van der Waals surface area contributed by atoms with Crippen LogP contribution in [0.4, 0.5) is 0 Å². The molecule has 2 aliphatic rings. The van der Waals surface area contributed by atoms with Gasteiger partial charge < -0.3 is 19.3 Å². The summed E-state index contributed by atoms with van der Waals surface area (Å²) in [5.74, 6) is -0.519. The van der Waals surface area contributed by atoms with E-state index in [0.29, 0.717) is 0 Å². The van der Waals surface area contributed by atoms with Gasteiger partial charge >= 0.3 is 5.97 Å². The lowest BCUT2D eigenvalue weighted by molar-refractivity contribution is -0.527. The standard InChI is InChI=1S/C12H22N2O11/c15-8-5-21-12-9(6-22-11(8)12)24-10(16)3-1-2-7(25-14(19)20)4-23-13(17)18/h7-9,11-12,15,17-20H,1-6H2/t7-,8+,9+,11+,12+/m0/s1. The molecular formula is C12H22N2O11. The van der Waals surface area contributed by atoms with Gasteiger partial charge in [-0.25, -0.2) is 9.68 Å². The van der Waals surface area contributed by atoms with Crippen molar-refractivity contribution in [2.45, 2.75) is 49.8 Å². The number of hydrogen-bond donors (Lipinski definition) is 5. The van der Waals surface area contributed by atoms with E-state index in [-0.39, 0.29) is 32.5 Å². The van der Waals surface area contributed by atoms with Gasteiger partial charge in [0.2, 0.25) is 0 Å². The van der Waals surface area contributed by atoms with E-state index in [1.165, 1.54) is 0 Å². The summed E-state index contributed by atoms with van der Waals surface area (Å²) < 4.78 is 15.9. The molecule has 0 aromatic carbocycles. The molecule has 0 unspecified atom stereocenters. The van der Waals surface area contributed by atoms with Gasteiger partial charge in [-0.3, -0.25) is 25.6 Å². The van der Waals surface area contributed by atoms with E-state index in [1.807, 2.05) is 0 Å². The van der Waals surface area contributed by atoms with Gasteiger partial charge in [0.1, 0.15) is 31.0 Å². The van der Waals surface area contributed by atoms with Crippen molar-refractivity contribution in [2.75, 3.05) is 19.8 Å². The molecule has 5 atom stereocenters. The van der Waals surface area contributed by atoms with E-state index in [2.05, 4.69) is 9.68 Å². The number of carbonyl (C=O) groups is 1. The average Bonchev–Trinajstić information content (AvgIpc) is 3.08. The second kappa shape index (κ2) is 9.65. The van der Waals surface area contributed by atoms with Crippen molar-refractivity contribution in [3.63, 3.8) is 0 Å². The first-order valence-corrected chi connectivity index (χ1v) is 7.63. The Balaban J connectivity index is 1.68. The van der Waals surface area contributed by atoms with Crippen molar-refractivity contribution in [3.05, 3.63) is 0 Å². The monoisotopic (exact) mass is 370 g/mol. The number of ether oxygens (including phenoxy) is 3. The van der Waals surface area contributed by atoms with E-state index < -0.39 is 53.9 Å². The molecule has 13 nitrogen and oxygen atoms in total. The molecule has 2 fully saturated rings. The summed E-state index contributed by atoms with van der Waals surface area (Å²) in [5, 5.41) is 42.7. The first kappa shape index (κ1) is 20.3. The molecule has 13 heteroatoms. The van der Waals surface area contributed by atoms with Crippen LogP contribution in [0.15, 0.2) is 0 Å². The largest absolute Gasteiger partial charge is 0.457 e. The smallest absolute Gasteiger partial charge is 0.306 e. The predicted octanol–water partition coefficient (Wildman–Crippen LogP) is -1.38. The van der Waals surface area contributed by atoms with Crippen molar-refractivity contribution < 1.29 is 54.6 Å². The highest BCUT2D eigenvalue weighted by Crippen LogP contribution is 2.29. The molecule has 146 valence electrons. The van der Waals surface area contributed by atoms with E-state index in [1.54, 1.807) is 0 Å². The highest BCUT2D eigenvalue weighted by Gasteiger charge is 2.48. The summed E-state index contributed by atoms with van der Waals surface area (Å²) in [5.41, 5.74) is 0. The Hall–Kier alpha value is -0.970. The van der Waals surface area contributed by atoms with Gasteiger partial charge in [0.25, 0.3) is 0 Å². The Labute approximate surface area is 142 Å². The topological polar surface area (TPSA) is 171 Å². The average molecular weight is 370 g/mol. The third kappa shape index (κ3) is 6.36. The summed E-state index contributed by atoms with van der Waals surface area (Å²) in [7, 11) is 0. The van der Waals surface area contributed by atoms with Crippen LogP contribution in [0.5, 0.6) is 0 Å². The van der Waals surface area contributed by atoms with Gasteiger partial charge in [-0.05, 0) is 12.8 Å². The fraction of sp³-hybridized carbons (Fsp3) is 0.917. The molecule has 0 aromatic heterocycles. The number of esters is 1. The number of rotatable bonds is 10. The molecule has 2 heterocycles. The first-order chi connectivity index (χ1) is 11.9.